The number of hydrogen-bond acceptors (Lipinski definition) is 11. The molecule has 3 aliphatic heterocycles. The molecule has 10 rings (SSSR count). The van der Waals surface area contributed by atoms with E-state index in [0.717, 1.165) is 114 Å². The highest BCUT2D eigenvalue weighted by Gasteiger charge is 2.42. The van der Waals surface area contributed by atoms with Gasteiger partial charge in [0.25, 0.3) is 12.3 Å². The summed E-state index contributed by atoms with van der Waals surface area (Å²) < 4.78 is 47.4. The zero-order valence-electron chi connectivity index (χ0n) is 36.8. The first kappa shape index (κ1) is 43.4. The van der Waals surface area contributed by atoms with Crippen LogP contribution in [0.5, 0.6) is 0 Å². The van der Waals surface area contributed by atoms with E-state index in [4.69, 9.17) is 14.5 Å². The molecule has 1 atom stereocenters. The Balaban J connectivity index is 0.683. The fraction of sp³-hybridized carbons (Fsp3) is 0.587. The van der Waals surface area contributed by atoms with Crippen LogP contribution in [0.25, 0.3) is 16.7 Å². The first-order valence-electron chi connectivity index (χ1n) is 23.3. The van der Waals surface area contributed by atoms with Crippen molar-refractivity contribution in [2.75, 3.05) is 56.2 Å². The average molecular weight is 898 g/mol. The number of ether oxygens (including phenoxy) is 2. The van der Waals surface area contributed by atoms with Crippen LogP contribution in [0, 0.1) is 5.92 Å². The fourth-order valence-electron chi connectivity index (χ4n) is 10.8. The summed E-state index contributed by atoms with van der Waals surface area (Å²) in [5.74, 6) is -0.0901. The number of hydrogen-bond donors (Lipinski definition) is 2. The number of piperidine rings is 2. The van der Waals surface area contributed by atoms with Gasteiger partial charge in [0.05, 0.1) is 47.3 Å². The molecule has 3 saturated heterocycles. The molecule has 2 N–H and O–H groups in total. The van der Waals surface area contributed by atoms with Crippen molar-refractivity contribution in [2.24, 2.45) is 13.0 Å². The summed E-state index contributed by atoms with van der Waals surface area (Å²) in [5, 5.41) is 13.7. The molecule has 0 radical (unpaired) electrons. The van der Waals surface area contributed by atoms with Crippen LogP contribution in [0.1, 0.15) is 117 Å². The van der Waals surface area contributed by atoms with Crippen LogP contribution in [-0.2, 0) is 32.5 Å². The van der Waals surface area contributed by atoms with E-state index in [1.54, 1.807) is 28.7 Å². The summed E-state index contributed by atoms with van der Waals surface area (Å²) in [6, 6.07) is 6.91. The van der Waals surface area contributed by atoms with Gasteiger partial charge in [0.15, 0.2) is 11.3 Å². The smallest absolute Gasteiger partial charge is 0.329 e. The number of morpholine rings is 1. The molecule has 4 aromatic heterocycles. The second kappa shape index (κ2) is 18.0. The Morgan fingerprint density at radius 2 is 1.86 bits per heavy atom. The number of fused-ring (bicyclic) bond motifs is 2. The van der Waals surface area contributed by atoms with Crippen LogP contribution in [0.4, 0.5) is 20.3 Å². The van der Waals surface area contributed by atoms with E-state index >= 15 is 0 Å². The van der Waals surface area contributed by atoms with Crippen LogP contribution in [0.3, 0.4) is 0 Å². The standard InChI is InChI=1S/C46H57F2N11O6/c1-54-40-30(5-2-7-35(40)59(45(54)63)36-12-13-38(60)52-44(36)62)6-3-23-64-32-14-19-55(20-15-32)26-29-8-10-31(11-9-29)58-27-34(39(53-58)41(47)48)50-43(61)33-25-49-57-21-16-37(51-42(33)57)56-22-24-65-46(28-56)17-4-18-46/h2,5,7,16,21,25,27,29,31-32,36,41H,3-4,6,8-15,17-20,22-24,26,28H2,1H3,(H,50,61)(H,52,60,62). The van der Waals surface area contributed by atoms with Crippen LogP contribution in [0.2, 0.25) is 0 Å². The Kier molecular flexibility index (Phi) is 12.0. The minimum Gasteiger partial charge on any atom is -0.378 e. The molecule has 7 heterocycles. The topological polar surface area (TPSA) is 175 Å². The van der Waals surface area contributed by atoms with Gasteiger partial charge in [-0.3, -0.25) is 33.5 Å². The van der Waals surface area contributed by atoms with Gasteiger partial charge < -0.3 is 24.6 Å². The van der Waals surface area contributed by atoms with Gasteiger partial charge in [0.1, 0.15) is 17.4 Å². The summed E-state index contributed by atoms with van der Waals surface area (Å²) in [6.07, 6.45) is 12.7. The molecule has 1 spiro atoms. The quantitative estimate of drug-likeness (QED) is 0.115. The van der Waals surface area contributed by atoms with Crippen molar-refractivity contribution in [3.8, 4) is 0 Å². The Bertz CT molecular complexity index is 2640. The van der Waals surface area contributed by atoms with E-state index in [-0.39, 0.29) is 47.0 Å². The second-order valence-electron chi connectivity index (χ2n) is 18.7. The van der Waals surface area contributed by atoms with Crippen molar-refractivity contribution in [1.82, 2.24) is 43.7 Å². The Hall–Kier alpha value is -5.53. The molecule has 0 bridgehead atoms. The number of nitrogens with one attached hydrogen (secondary N) is 2. The molecule has 1 unspecified atom stereocenters. The Labute approximate surface area is 374 Å². The van der Waals surface area contributed by atoms with Crippen molar-refractivity contribution >= 4 is 45.9 Å². The van der Waals surface area contributed by atoms with E-state index in [2.05, 4.69) is 30.6 Å². The molecule has 17 nitrogen and oxygen atoms in total. The third kappa shape index (κ3) is 8.69. The number of nitrogens with zero attached hydrogens (tertiary/aromatic N) is 9. The number of likely N-dealkylation sites (tertiary alicyclic amines) is 1. The molecule has 5 aromatic rings. The molecular weight excluding hydrogens is 841 g/mol. The van der Waals surface area contributed by atoms with Crippen LogP contribution in [-0.4, -0.2) is 114 Å². The van der Waals surface area contributed by atoms with Crippen LogP contribution < -0.4 is 21.2 Å². The first-order valence-corrected chi connectivity index (χ1v) is 23.3. The lowest BCUT2D eigenvalue weighted by molar-refractivity contribution is -0.135. The summed E-state index contributed by atoms with van der Waals surface area (Å²) in [5.41, 5.74) is 2.24. The van der Waals surface area contributed by atoms with Crippen molar-refractivity contribution in [2.45, 2.75) is 114 Å². The molecule has 5 fully saturated rings. The van der Waals surface area contributed by atoms with Gasteiger partial charge >= 0.3 is 5.69 Å². The number of amides is 3. The lowest BCUT2D eigenvalue weighted by Gasteiger charge is -2.48. The Morgan fingerprint density at radius 3 is 2.62 bits per heavy atom. The number of aromatic nitrogens is 7. The Morgan fingerprint density at radius 1 is 1.05 bits per heavy atom. The minimum atomic E-state index is -2.86. The predicted molar refractivity (Wildman–Crippen MR) is 236 cm³/mol. The summed E-state index contributed by atoms with van der Waals surface area (Å²) in [6.45, 7) is 5.55. The number of para-hydroxylation sites is 1. The zero-order chi connectivity index (χ0) is 44.8. The van der Waals surface area contributed by atoms with Gasteiger partial charge in [-0.1, -0.05) is 12.1 Å². The third-order valence-corrected chi connectivity index (χ3v) is 14.5. The van der Waals surface area contributed by atoms with E-state index in [9.17, 15) is 28.0 Å². The molecule has 65 heavy (non-hydrogen) atoms. The summed E-state index contributed by atoms with van der Waals surface area (Å²) in [4.78, 5) is 60.8. The first-order chi connectivity index (χ1) is 31.5. The van der Waals surface area contributed by atoms with Crippen molar-refractivity contribution in [1.29, 1.82) is 0 Å². The second-order valence-corrected chi connectivity index (χ2v) is 18.7. The number of alkyl halides is 2. The number of imidazole rings is 1. The maximum Gasteiger partial charge on any atom is 0.329 e. The van der Waals surface area contributed by atoms with Gasteiger partial charge in [-0.05, 0) is 101 Å². The predicted octanol–water partition coefficient (Wildman–Crippen LogP) is 5.35. The number of imide groups is 1. The normalized spacial score (nSPS) is 23.1. The van der Waals surface area contributed by atoms with Crippen molar-refractivity contribution < 1.29 is 32.6 Å². The van der Waals surface area contributed by atoms with Gasteiger partial charge in [-0.15, -0.1) is 0 Å². The van der Waals surface area contributed by atoms with E-state index in [0.29, 0.717) is 43.3 Å². The number of carbonyl (C=O) groups is 3. The molecule has 3 amide bonds. The number of carbonyl (C=O) groups excluding carboxylic acids is 3. The maximum atomic E-state index is 14.4. The number of aryl methyl sites for hydroxylation is 2. The maximum absolute atomic E-state index is 14.4. The highest BCUT2D eigenvalue weighted by molar-refractivity contribution is 6.08. The van der Waals surface area contributed by atoms with E-state index in [1.807, 2.05) is 24.3 Å². The number of benzene rings is 1. The lowest BCUT2D eigenvalue weighted by Crippen LogP contribution is -2.56. The monoisotopic (exact) mass is 897 g/mol. The highest BCUT2D eigenvalue weighted by atomic mass is 19.3. The van der Waals surface area contributed by atoms with Crippen molar-refractivity contribution in [3.05, 3.63) is 70.2 Å². The van der Waals surface area contributed by atoms with Crippen LogP contribution >= 0.6 is 0 Å². The van der Waals surface area contributed by atoms with Crippen LogP contribution in [0.15, 0.2) is 47.7 Å². The van der Waals surface area contributed by atoms with Crippen molar-refractivity contribution in [3.63, 3.8) is 0 Å². The molecule has 5 aliphatic rings. The average Bonchev–Trinajstić information content (AvgIpc) is 4.00. The summed E-state index contributed by atoms with van der Waals surface area (Å²) in [7, 11) is 1.73. The van der Waals surface area contributed by atoms with Gasteiger partial charge in [0.2, 0.25) is 11.8 Å². The molecule has 346 valence electrons. The van der Waals surface area contributed by atoms with Gasteiger partial charge in [0, 0.05) is 65.2 Å². The molecule has 2 saturated carbocycles. The van der Waals surface area contributed by atoms with E-state index in [1.165, 1.54) is 15.3 Å². The largest absolute Gasteiger partial charge is 0.378 e. The molecule has 1 aromatic carbocycles. The summed E-state index contributed by atoms with van der Waals surface area (Å²) >= 11 is 0. The lowest BCUT2D eigenvalue weighted by atomic mass is 9.79. The number of halogens is 2. The molecular formula is C46H57F2N11O6. The zero-order valence-corrected chi connectivity index (χ0v) is 36.8. The molecule has 19 heteroatoms. The third-order valence-electron chi connectivity index (χ3n) is 14.5. The molecule has 2 aliphatic carbocycles. The SMILES string of the molecule is Cn1c(=O)n(C2CCC(=O)NC2=O)c2cccc(CCCOC3CCN(CC4CCC(n5cc(NC(=O)c6cnn7ccc(N8CCOC9(CCC9)C8)nc67)c(C(F)F)n5)CC4)CC3)c21. The van der Waals surface area contributed by atoms with Gasteiger partial charge in [-0.25, -0.2) is 23.1 Å². The highest BCUT2D eigenvalue weighted by Crippen LogP contribution is 2.40. The fourth-order valence-corrected chi connectivity index (χ4v) is 10.8. The van der Waals surface area contributed by atoms with E-state index < -0.39 is 30.0 Å². The minimum absolute atomic E-state index is 0.00105. The number of rotatable bonds is 13. The van der Waals surface area contributed by atoms with Gasteiger partial charge in [-0.2, -0.15) is 10.2 Å². The number of anilines is 2.